The maximum Gasteiger partial charge on any atom is 0.0948 e. The first-order chi connectivity index (χ1) is 8.60. The molecule has 0 aliphatic rings. The average Bonchev–Trinajstić information content (AvgIpc) is 2.77. The molecule has 0 aliphatic carbocycles. The number of aryl methyl sites for hydroxylation is 1. The number of aromatic nitrogens is 2. The molecule has 1 heterocycles. The third-order valence-corrected chi connectivity index (χ3v) is 3.30. The number of nitrogens with zero attached hydrogens (tertiary/aromatic N) is 4. The largest absolute Gasteiger partial charge is 0.333 e. The molecule has 0 fully saturated rings. The predicted octanol–water partition coefficient (Wildman–Crippen LogP) is 0.786. The number of imidazole rings is 1. The van der Waals surface area contributed by atoms with Gasteiger partial charge in [0.05, 0.1) is 18.1 Å². The first kappa shape index (κ1) is 15.1. The normalized spacial score (nSPS) is 13.5. The molecule has 5 heteroatoms. The SMILES string of the molecule is CCn1cncc1C(CN)N(C)CCCN(C)C. The minimum Gasteiger partial charge on any atom is -0.333 e. The lowest BCUT2D eigenvalue weighted by Gasteiger charge is -2.28. The third-order valence-electron chi connectivity index (χ3n) is 3.30. The lowest BCUT2D eigenvalue weighted by atomic mass is 10.2. The van der Waals surface area contributed by atoms with E-state index in [9.17, 15) is 0 Å². The van der Waals surface area contributed by atoms with E-state index in [0.717, 1.165) is 26.1 Å². The molecule has 0 aliphatic heterocycles. The smallest absolute Gasteiger partial charge is 0.0948 e. The van der Waals surface area contributed by atoms with Gasteiger partial charge in [-0.1, -0.05) is 0 Å². The standard InChI is InChI=1S/C13H27N5/c1-5-18-11-15-10-13(18)12(9-14)17(4)8-6-7-16(2)3/h10-12H,5-9,14H2,1-4H3. The van der Waals surface area contributed by atoms with Crippen LogP contribution in [0.25, 0.3) is 0 Å². The van der Waals surface area contributed by atoms with E-state index in [4.69, 9.17) is 5.73 Å². The lowest BCUT2D eigenvalue weighted by molar-refractivity contribution is 0.227. The highest BCUT2D eigenvalue weighted by Gasteiger charge is 2.18. The van der Waals surface area contributed by atoms with Crippen molar-refractivity contribution in [3.05, 3.63) is 18.2 Å². The van der Waals surface area contributed by atoms with E-state index in [-0.39, 0.29) is 6.04 Å². The molecule has 0 bridgehead atoms. The van der Waals surface area contributed by atoms with Crippen LogP contribution in [0.1, 0.15) is 25.1 Å². The second kappa shape index (κ2) is 7.51. The Labute approximate surface area is 111 Å². The van der Waals surface area contributed by atoms with Gasteiger partial charge in [-0.05, 0) is 47.6 Å². The maximum absolute atomic E-state index is 5.93. The Morgan fingerprint density at radius 2 is 2.06 bits per heavy atom. The van der Waals surface area contributed by atoms with Gasteiger partial charge in [0, 0.05) is 19.3 Å². The van der Waals surface area contributed by atoms with Gasteiger partial charge < -0.3 is 15.2 Å². The molecule has 0 saturated heterocycles. The minimum absolute atomic E-state index is 0.259. The Bertz CT molecular complexity index is 334. The first-order valence-corrected chi connectivity index (χ1v) is 6.65. The van der Waals surface area contributed by atoms with Crippen LogP contribution < -0.4 is 5.73 Å². The highest BCUT2D eigenvalue weighted by molar-refractivity contribution is 5.06. The molecule has 0 amide bonds. The highest BCUT2D eigenvalue weighted by Crippen LogP contribution is 2.18. The molecule has 1 aromatic heterocycles. The van der Waals surface area contributed by atoms with E-state index < -0.39 is 0 Å². The third kappa shape index (κ3) is 4.08. The number of likely N-dealkylation sites (N-methyl/N-ethyl adjacent to an activating group) is 1. The summed E-state index contributed by atoms with van der Waals surface area (Å²) in [6.07, 6.45) is 4.97. The van der Waals surface area contributed by atoms with Gasteiger partial charge >= 0.3 is 0 Å². The topological polar surface area (TPSA) is 50.3 Å². The van der Waals surface area contributed by atoms with Crippen molar-refractivity contribution in [3.63, 3.8) is 0 Å². The molecule has 1 atom stereocenters. The fourth-order valence-electron chi connectivity index (χ4n) is 2.19. The summed E-state index contributed by atoms with van der Waals surface area (Å²) < 4.78 is 2.17. The molecular weight excluding hydrogens is 226 g/mol. The van der Waals surface area contributed by atoms with Crippen LogP contribution in [0.2, 0.25) is 0 Å². The summed E-state index contributed by atoms with van der Waals surface area (Å²) in [5.41, 5.74) is 7.14. The second-order valence-corrected chi connectivity index (χ2v) is 4.99. The van der Waals surface area contributed by atoms with E-state index in [1.54, 1.807) is 0 Å². The summed E-state index contributed by atoms with van der Waals surface area (Å²) in [6.45, 7) is 5.86. The van der Waals surface area contributed by atoms with Crippen LogP contribution >= 0.6 is 0 Å². The number of rotatable bonds is 8. The number of hydrogen-bond acceptors (Lipinski definition) is 4. The van der Waals surface area contributed by atoms with Gasteiger partial charge in [-0.15, -0.1) is 0 Å². The van der Waals surface area contributed by atoms with Crippen molar-refractivity contribution in [1.29, 1.82) is 0 Å². The molecule has 1 aromatic rings. The molecule has 1 rings (SSSR count). The Morgan fingerprint density at radius 1 is 1.33 bits per heavy atom. The maximum atomic E-state index is 5.93. The van der Waals surface area contributed by atoms with Crippen LogP contribution in [0.4, 0.5) is 0 Å². The van der Waals surface area contributed by atoms with Crippen LogP contribution in [-0.2, 0) is 6.54 Å². The van der Waals surface area contributed by atoms with Crippen molar-refractivity contribution in [2.24, 2.45) is 5.73 Å². The Kier molecular flexibility index (Phi) is 6.32. The fourth-order valence-corrected chi connectivity index (χ4v) is 2.19. The van der Waals surface area contributed by atoms with Crippen molar-refractivity contribution >= 4 is 0 Å². The van der Waals surface area contributed by atoms with Gasteiger partial charge in [0.15, 0.2) is 0 Å². The molecule has 0 radical (unpaired) electrons. The summed E-state index contributed by atoms with van der Waals surface area (Å²) >= 11 is 0. The summed E-state index contributed by atoms with van der Waals surface area (Å²) in [7, 11) is 6.35. The van der Waals surface area contributed by atoms with E-state index in [1.165, 1.54) is 5.69 Å². The average molecular weight is 253 g/mol. The van der Waals surface area contributed by atoms with E-state index in [1.807, 2.05) is 12.5 Å². The zero-order valence-electron chi connectivity index (χ0n) is 12.1. The van der Waals surface area contributed by atoms with Crippen molar-refractivity contribution in [1.82, 2.24) is 19.4 Å². The molecule has 0 aromatic carbocycles. The van der Waals surface area contributed by atoms with Gasteiger partial charge in [-0.3, -0.25) is 4.90 Å². The van der Waals surface area contributed by atoms with Gasteiger partial charge in [0.1, 0.15) is 0 Å². The zero-order chi connectivity index (χ0) is 13.5. The van der Waals surface area contributed by atoms with Gasteiger partial charge in [-0.2, -0.15) is 0 Å². The molecule has 104 valence electrons. The van der Waals surface area contributed by atoms with Gasteiger partial charge in [-0.25, -0.2) is 4.98 Å². The van der Waals surface area contributed by atoms with Crippen LogP contribution in [-0.4, -0.2) is 60.1 Å². The Balaban J connectivity index is 2.59. The quantitative estimate of drug-likeness (QED) is 0.744. The molecule has 5 nitrogen and oxygen atoms in total. The number of hydrogen-bond donors (Lipinski definition) is 1. The fraction of sp³-hybridized carbons (Fsp3) is 0.769. The first-order valence-electron chi connectivity index (χ1n) is 6.65. The molecule has 2 N–H and O–H groups in total. The molecule has 0 spiro atoms. The van der Waals surface area contributed by atoms with Crippen molar-refractivity contribution in [2.75, 3.05) is 40.8 Å². The van der Waals surface area contributed by atoms with Gasteiger partial charge in [0.25, 0.3) is 0 Å². The minimum atomic E-state index is 0.259. The van der Waals surface area contributed by atoms with Crippen molar-refractivity contribution in [2.45, 2.75) is 25.9 Å². The van der Waals surface area contributed by atoms with Crippen molar-refractivity contribution in [3.8, 4) is 0 Å². The van der Waals surface area contributed by atoms with Crippen LogP contribution in [0.3, 0.4) is 0 Å². The Morgan fingerprint density at radius 3 is 2.61 bits per heavy atom. The van der Waals surface area contributed by atoms with Crippen LogP contribution in [0.5, 0.6) is 0 Å². The summed E-state index contributed by atoms with van der Waals surface area (Å²) in [6, 6.07) is 0.259. The Hall–Kier alpha value is -0.910. The van der Waals surface area contributed by atoms with Crippen LogP contribution in [0.15, 0.2) is 12.5 Å². The highest BCUT2D eigenvalue weighted by atomic mass is 15.2. The van der Waals surface area contributed by atoms with E-state index >= 15 is 0 Å². The molecule has 18 heavy (non-hydrogen) atoms. The lowest BCUT2D eigenvalue weighted by Crippen LogP contribution is -2.33. The summed E-state index contributed by atoms with van der Waals surface area (Å²) in [5, 5.41) is 0. The van der Waals surface area contributed by atoms with Crippen LogP contribution in [0, 0.1) is 0 Å². The van der Waals surface area contributed by atoms with Crippen molar-refractivity contribution < 1.29 is 0 Å². The molecular formula is C13H27N5. The predicted molar refractivity (Wildman–Crippen MR) is 75.5 cm³/mol. The monoisotopic (exact) mass is 253 g/mol. The second-order valence-electron chi connectivity index (χ2n) is 4.99. The van der Waals surface area contributed by atoms with E-state index in [0.29, 0.717) is 6.54 Å². The number of nitrogens with two attached hydrogens (primary N) is 1. The summed E-state index contributed by atoms with van der Waals surface area (Å²) in [5.74, 6) is 0. The summed E-state index contributed by atoms with van der Waals surface area (Å²) in [4.78, 5) is 8.76. The van der Waals surface area contributed by atoms with Gasteiger partial charge in [0.2, 0.25) is 0 Å². The zero-order valence-corrected chi connectivity index (χ0v) is 12.1. The molecule has 0 saturated carbocycles. The van der Waals surface area contributed by atoms with E-state index in [2.05, 4.69) is 47.4 Å². The molecule has 1 unspecified atom stereocenters.